The zero-order valence-electron chi connectivity index (χ0n) is 6.42. The molecule has 0 aromatic heterocycles. The van der Waals surface area contributed by atoms with Crippen molar-refractivity contribution >= 4 is 6.47 Å². The van der Waals surface area contributed by atoms with E-state index in [0.29, 0.717) is 0 Å². The third-order valence-corrected chi connectivity index (χ3v) is 1.24. The van der Waals surface area contributed by atoms with Crippen LogP contribution in [0.15, 0.2) is 0 Å². The molecule has 3 nitrogen and oxygen atoms in total. The van der Waals surface area contributed by atoms with Crippen molar-refractivity contribution in [1.29, 1.82) is 0 Å². The highest BCUT2D eigenvalue weighted by Gasteiger charge is 2.05. The van der Waals surface area contributed by atoms with Crippen molar-refractivity contribution < 1.29 is 14.3 Å². The van der Waals surface area contributed by atoms with Gasteiger partial charge in [0.25, 0.3) is 0 Å². The molecule has 59 valence electrons. The van der Waals surface area contributed by atoms with Crippen molar-refractivity contribution in [3.8, 4) is 0 Å². The Bertz CT molecular complexity index is 82.9. The maximum Gasteiger partial charge on any atom is 0.419 e. The molecule has 0 fully saturated rings. The second kappa shape index (κ2) is 6.55. The first kappa shape index (κ1) is 9.43. The summed E-state index contributed by atoms with van der Waals surface area (Å²) in [5.74, 6) is 0. The monoisotopic (exact) mass is 145 g/mol. The zero-order valence-corrected chi connectivity index (χ0v) is 6.42. The van der Waals surface area contributed by atoms with E-state index in [1.807, 2.05) is 0 Å². The molecule has 1 unspecified atom stereocenters. The lowest BCUT2D eigenvalue weighted by atomic mass is 10.2. The molecule has 1 radical (unpaired) electrons. The van der Waals surface area contributed by atoms with Gasteiger partial charge in [0, 0.05) is 13.5 Å². The molecule has 0 saturated heterocycles. The molecular weight excluding hydrogens is 132 g/mol. The fraction of sp³-hybridized carbons (Fsp3) is 0.857. The quantitative estimate of drug-likeness (QED) is 0.527. The molecule has 0 saturated carbocycles. The highest BCUT2D eigenvalue weighted by Crippen LogP contribution is 2.03. The summed E-state index contributed by atoms with van der Waals surface area (Å²) in [6.07, 6.45) is 2.42. The van der Waals surface area contributed by atoms with Crippen molar-refractivity contribution in [2.75, 3.05) is 7.11 Å². The van der Waals surface area contributed by atoms with E-state index in [-0.39, 0.29) is 0 Å². The topological polar surface area (TPSA) is 35.5 Å². The highest BCUT2D eigenvalue weighted by atomic mass is 16.7. The minimum absolute atomic E-state index is 0.405. The van der Waals surface area contributed by atoms with E-state index in [0.717, 1.165) is 19.3 Å². The Morgan fingerprint density at radius 3 is 2.70 bits per heavy atom. The van der Waals surface area contributed by atoms with Gasteiger partial charge in [-0.1, -0.05) is 13.3 Å². The molecular formula is C7H13O3. The predicted octanol–water partition coefficient (Wildman–Crippen LogP) is 1.23. The number of hydrogen-bond acceptors (Lipinski definition) is 3. The average Bonchev–Trinajstić information content (AvgIpc) is 1.98. The maximum absolute atomic E-state index is 9.71. The van der Waals surface area contributed by atoms with Gasteiger partial charge >= 0.3 is 6.47 Å². The van der Waals surface area contributed by atoms with E-state index in [1.165, 1.54) is 13.6 Å². The van der Waals surface area contributed by atoms with Gasteiger partial charge in [0.15, 0.2) is 0 Å². The van der Waals surface area contributed by atoms with Gasteiger partial charge in [-0.2, -0.15) is 0 Å². The summed E-state index contributed by atoms with van der Waals surface area (Å²) in [6.45, 7) is 3.42. The SMILES string of the molecule is CCCCC(OC)O[C]=O. The first-order chi connectivity index (χ1) is 4.85. The van der Waals surface area contributed by atoms with Gasteiger partial charge in [-0.15, -0.1) is 0 Å². The molecule has 0 bridgehead atoms. The molecule has 0 spiro atoms. The molecule has 0 N–H and O–H groups in total. The number of methoxy groups -OCH3 is 1. The molecule has 0 rings (SSSR count). The second-order valence-corrected chi connectivity index (χ2v) is 2.01. The van der Waals surface area contributed by atoms with Gasteiger partial charge in [0.2, 0.25) is 6.29 Å². The van der Waals surface area contributed by atoms with E-state index >= 15 is 0 Å². The number of hydrogen-bond donors (Lipinski definition) is 0. The van der Waals surface area contributed by atoms with Crippen LogP contribution < -0.4 is 0 Å². The lowest BCUT2D eigenvalue weighted by Gasteiger charge is -2.10. The summed E-state index contributed by atoms with van der Waals surface area (Å²) < 4.78 is 9.27. The van der Waals surface area contributed by atoms with Gasteiger partial charge < -0.3 is 9.47 Å². The van der Waals surface area contributed by atoms with Crippen molar-refractivity contribution in [3.05, 3.63) is 0 Å². The Morgan fingerprint density at radius 1 is 1.60 bits per heavy atom. The van der Waals surface area contributed by atoms with E-state index in [9.17, 15) is 4.79 Å². The summed E-state index contributed by atoms with van der Waals surface area (Å²) in [4.78, 5) is 9.71. The Morgan fingerprint density at radius 2 is 2.30 bits per heavy atom. The lowest BCUT2D eigenvalue weighted by Crippen LogP contribution is -2.13. The molecule has 10 heavy (non-hydrogen) atoms. The van der Waals surface area contributed by atoms with E-state index in [4.69, 9.17) is 4.74 Å². The van der Waals surface area contributed by atoms with Crippen molar-refractivity contribution in [3.63, 3.8) is 0 Å². The summed E-state index contributed by atoms with van der Waals surface area (Å²) in [6, 6.07) is 0. The van der Waals surface area contributed by atoms with Gasteiger partial charge in [-0.05, 0) is 6.42 Å². The van der Waals surface area contributed by atoms with Crippen molar-refractivity contribution in [2.24, 2.45) is 0 Å². The van der Waals surface area contributed by atoms with E-state index in [1.54, 1.807) is 0 Å². The Kier molecular flexibility index (Phi) is 6.18. The Labute approximate surface area is 61.3 Å². The summed E-state index contributed by atoms with van der Waals surface area (Å²) in [7, 11) is 1.51. The standard InChI is InChI=1S/C7H13O3/c1-3-4-5-7(9-2)10-6-8/h7H,3-5H2,1-2H3. The van der Waals surface area contributed by atoms with Crippen LogP contribution in [0.25, 0.3) is 0 Å². The fourth-order valence-corrected chi connectivity index (χ4v) is 0.649. The highest BCUT2D eigenvalue weighted by molar-refractivity contribution is 5.38. The number of rotatable bonds is 6. The lowest BCUT2D eigenvalue weighted by molar-refractivity contribution is -0.0691. The fourth-order valence-electron chi connectivity index (χ4n) is 0.649. The maximum atomic E-state index is 9.71. The Balaban J connectivity index is 3.29. The smallest absolute Gasteiger partial charge is 0.419 e. The van der Waals surface area contributed by atoms with Crippen LogP contribution in [0.1, 0.15) is 26.2 Å². The van der Waals surface area contributed by atoms with Gasteiger partial charge in [0.1, 0.15) is 0 Å². The molecule has 0 aromatic rings. The molecule has 0 aliphatic carbocycles. The van der Waals surface area contributed by atoms with Gasteiger partial charge in [-0.3, -0.25) is 0 Å². The van der Waals surface area contributed by atoms with Crippen LogP contribution in [-0.2, 0) is 14.3 Å². The minimum Gasteiger partial charge on any atom is -0.427 e. The predicted molar refractivity (Wildman–Crippen MR) is 37.1 cm³/mol. The molecule has 3 heteroatoms. The molecule has 0 aliphatic heterocycles. The van der Waals surface area contributed by atoms with Crippen molar-refractivity contribution in [2.45, 2.75) is 32.5 Å². The number of unbranched alkanes of at least 4 members (excludes halogenated alkanes) is 1. The van der Waals surface area contributed by atoms with E-state index in [2.05, 4.69) is 11.7 Å². The largest absolute Gasteiger partial charge is 0.427 e. The average molecular weight is 145 g/mol. The first-order valence-electron chi connectivity index (χ1n) is 3.40. The minimum atomic E-state index is -0.405. The summed E-state index contributed by atoms with van der Waals surface area (Å²) >= 11 is 0. The second-order valence-electron chi connectivity index (χ2n) is 2.01. The molecule has 0 amide bonds. The van der Waals surface area contributed by atoms with Crippen LogP contribution >= 0.6 is 0 Å². The third kappa shape index (κ3) is 4.32. The Hall–Kier alpha value is -0.570. The molecule has 0 aliphatic rings. The number of carbonyl (C=O) groups excluding carboxylic acids is 1. The van der Waals surface area contributed by atoms with Gasteiger partial charge in [0.05, 0.1) is 0 Å². The van der Waals surface area contributed by atoms with Crippen LogP contribution in [0, 0.1) is 0 Å². The molecule has 1 atom stereocenters. The normalized spacial score (nSPS) is 12.6. The van der Waals surface area contributed by atoms with Crippen LogP contribution in [-0.4, -0.2) is 19.9 Å². The van der Waals surface area contributed by atoms with Gasteiger partial charge in [-0.25, -0.2) is 4.79 Å². The third-order valence-electron chi connectivity index (χ3n) is 1.24. The zero-order chi connectivity index (χ0) is 7.82. The van der Waals surface area contributed by atoms with Crippen LogP contribution in [0.5, 0.6) is 0 Å². The van der Waals surface area contributed by atoms with E-state index < -0.39 is 6.29 Å². The van der Waals surface area contributed by atoms with Crippen LogP contribution in [0.2, 0.25) is 0 Å². The number of ether oxygens (including phenoxy) is 2. The van der Waals surface area contributed by atoms with Crippen molar-refractivity contribution in [1.82, 2.24) is 0 Å². The summed E-state index contributed by atoms with van der Waals surface area (Å²) in [5, 5.41) is 0. The van der Waals surface area contributed by atoms with Crippen LogP contribution in [0.3, 0.4) is 0 Å². The first-order valence-corrected chi connectivity index (χ1v) is 3.40. The summed E-state index contributed by atoms with van der Waals surface area (Å²) in [5.41, 5.74) is 0. The van der Waals surface area contributed by atoms with Crippen LogP contribution in [0.4, 0.5) is 0 Å². The molecule has 0 aromatic carbocycles. The molecule has 0 heterocycles.